The second kappa shape index (κ2) is 6.88. The lowest BCUT2D eigenvalue weighted by molar-refractivity contribution is 0.478. The van der Waals surface area contributed by atoms with Crippen molar-refractivity contribution in [2.45, 2.75) is 6.92 Å². The lowest BCUT2D eigenvalue weighted by atomic mass is 10.2. The van der Waals surface area contributed by atoms with Crippen LogP contribution in [0.4, 0.5) is 11.5 Å². The maximum Gasteiger partial charge on any atom is 0.142 e. The van der Waals surface area contributed by atoms with E-state index < -0.39 is 0 Å². The molecular weight excluding hydrogens is 438 g/mol. The van der Waals surface area contributed by atoms with Crippen molar-refractivity contribution < 1.29 is 4.74 Å². The zero-order valence-corrected chi connectivity index (χ0v) is 17.2. The molecule has 6 nitrogen and oxygen atoms in total. The minimum Gasteiger partial charge on any atom is -0.457 e. The maximum atomic E-state index is 6.05. The van der Waals surface area contributed by atoms with E-state index in [0.29, 0.717) is 0 Å². The molecule has 0 atom stereocenters. The van der Waals surface area contributed by atoms with Gasteiger partial charge in [-0.25, -0.2) is 15.0 Å². The number of imidazole rings is 1. The van der Waals surface area contributed by atoms with Gasteiger partial charge >= 0.3 is 0 Å². The Morgan fingerprint density at radius 3 is 2.89 bits per heavy atom. The fourth-order valence-corrected chi connectivity index (χ4v) is 4.40. The highest BCUT2D eigenvalue weighted by Crippen LogP contribution is 2.34. The smallest absolute Gasteiger partial charge is 0.142 e. The third kappa shape index (κ3) is 3.21. The molecule has 138 valence electrons. The first-order valence-electron chi connectivity index (χ1n) is 8.54. The number of thiophene rings is 1. The average molecular weight is 452 g/mol. The Hall–Kier alpha value is -2.97. The monoisotopic (exact) mass is 451 g/mol. The van der Waals surface area contributed by atoms with E-state index in [0.717, 1.165) is 48.2 Å². The molecule has 0 bridgehead atoms. The number of nitrogens with one attached hydrogen (secondary N) is 1. The van der Waals surface area contributed by atoms with Crippen LogP contribution in [0.25, 0.3) is 15.9 Å². The van der Waals surface area contributed by atoms with Gasteiger partial charge in [-0.3, -0.25) is 0 Å². The number of hydrogen-bond acceptors (Lipinski definition) is 6. The molecule has 28 heavy (non-hydrogen) atoms. The first-order valence-corrected chi connectivity index (χ1v) is 10.1. The third-order valence-electron chi connectivity index (χ3n) is 4.33. The number of ether oxygens (including phenoxy) is 1. The molecule has 4 aromatic heterocycles. The highest BCUT2D eigenvalue weighted by Gasteiger charge is 2.09. The van der Waals surface area contributed by atoms with Crippen molar-refractivity contribution in [1.82, 2.24) is 19.4 Å². The summed E-state index contributed by atoms with van der Waals surface area (Å²) in [6, 6.07) is 11.8. The largest absolute Gasteiger partial charge is 0.457 e. The number of anilines is 2. The number of fused-ring (bicyclic) bond motifs is 2. The van der Waals surface area contributed by atoms with E-state index in [4.69, 9.17) is 4.74 Å². The van der Waals surface area contributed by atoms with E-state index in [1.165, 1.54) is 0 Å². The number of aromatic nitrogens is 4. The highest BCUT2D eigenvalue weighted by atomic mass is 79.9. The van der Waals surface area contributed by atoms with E-state index >= 15 is 0 Å². The van der Waals surface area contributed by atoms with Gasteiger partial charge in [0.1, 0.15) is 34.1 Å². The molecule has 0 fully saturated rings. The predicted molar refractivity (Wildman–Crippen MR) is 115 cm³/mol. The van der Waals surface area contributed by atoms with Crippen LogP contribution in [-0.2, 0) is 0 Å². The summed E-state index contributed by atoms with van der Waals surface area (Å²) in [7, 11) is 0. The van der Waals surface area contributed by atoms with E-state index in [1.807, 2.05) is 60.1 Å². The van der Waals surface area contributed by atoms with E-state index in [2.05, 4.69) is 36.2 Å². The van der Waals surface area contributed by atoms with Crippen LogP contribution in [0.2, 0.25) is 0 Å². The summed E-state index contributed by atoms with van der Waals surface area (Å²) in [5.74, 6) is 2.33. The lowest BCUT2D eigenvalue weighted by Crippen LogP contribution is -1.96. The van der Waals surface area contributed by atoms with Gasteiger partial charge in [0.2, 0.25) is 0 Å². The molecule has 1 N–H and O–H groups in total. The van der Waals surface area contributed by atoms with Crippen LogP contribution in [0.3, 0.4) is 0 Å². The Kier molecular flexibility index (Phi) is 4.22. The van der Waals surface area contributed by atoms with Crippen LogP contribution in [0.1, 0.15) is 5.56 Å². The van der Waals surface area contributed by atoms with Crippen molar-refractivity contribution in [3.8, 4) is 11.5 Å². The molecule has 0 aliphatic carbocycles. The highest BCUT2D eigenvalue weighted by molar-refractivity contribution is 9.11. The van der Waals surface area contributed by atoms with Crippen LogP contribution >= 0.6 is 27.3 Å². The third-order valence-corrected chi connectivity index (χ3v) is 5.88. The summed E-state index contributed by atoms with van der Waals surface area (Å²) in [6.07, 6.45) is 7.17. The van der Waals surface area contributed by atoms with Gasteiger partial charge in [0.25, 0.3) is 0 Å². The maximum absolute atomic E-state index is 6.05. The molecule has 5 aromatic rings. The van der Waals surface area contributed by atoms with Gasteiger partial charge in [-0.05, 0) is 58.7 Å². The van der Waals surface area contributed by atoms with Crippen LogP contribution in [0.5, 0.6) is 11.5 Å². The van der Waals surface area contributed by atoms with Gasteiger partial charge in [-0.1, -0.05) is 0 Å². The molecule has 1 aromatic carbocycles. The second-order valence-electron chi connectivity index (χ2n) is 6.25. The molecule has 0 radical (unpaired) electrons. The van der Waals surface area contributed by atoms with E-state index in [1.54, 1.807) is 23.9 Å². The van der Waals surface area contributed by atoms with E-state index in [9.17, 15) is 0 Å². The van der Waals surface area contributed by atoms with Crippen LogP contribution < -0.4 is 10.1 Å². The van der Waals surface area contributed by atoms with Gasteiger partial charge in [0.05, 0.1) is 9.17 Å². The number of rotatable bonds is 4. The summed E-state index contributed by atoms with van der Waals surface area (Å²) >= 11 is 5.09. The Morgan fingerprint density at radius 2 is 2.00 bits per heavy atom. The van der Waals surface area contributed by atoms with Crippen molar-refractivity contribution in [1.29, 1.82) is 0 Å². The van der Waals surface area contributed by atoms with Gasteiger partial charge in [-0.2, -0.15) is 0 Å². The molecule has 0 amide bonds. The Labute approximate surface area is 173 Å². The average Bonchev–Trinajstić information content (AvgIpc) is 3.29. The first-order chi connectivity index (χ1) is 13.7. The second-order valence-corrected chi connectivity index (χ2v) is 8.66. The van der Waals surface area contributed by atoms with Gasteiger partial charge < -0.3 is 14.5 Å². The van der Waals surface area contributed by atoms with Crippen molar-refractivity contribution in [3.63, 3.8) is 0 Å². The molecule has 0 aliphatic rings. The van der Waals surface area contributed by atoms with Gasteiger partial charge in [-0.15, -0.1) is 11.3 Å². The summed E-state index contributed by atoms with van der Waals surface area (Å²) in [5, 5.41) is 4.37. The van der Waals surface area contributed by atoms with Crippen molar-refractivity contribution in [2.24, 2.45) is 0 Å². The van der Waals surface area contributed by atoms with Crippen LogP contribution in [0.15, 0.2) is 65.1 Å². The molecule has 0 unspecified atom stereocenters. The Balaban J connectivity index is 1.41. The number of aryl methyl sites for hydroxylation is 1. The topological polar surface area (TPSA) is 64.3 Å². The summed E-state index contributed by atoms with van der Waals surface area (Å²) in [6.45, 7) is 2.02. The molecule has 4 heterocycles. The number of halogens is 1. The molecular formula is C20H14BrN5OS. The van der Waals surface area contributed by atoms with Crippen LogP contribution in [-0.4, -0.2) is 19.4 Å². The van der Waals surface area contributed by atoms with Crippen molar-refractivity contribution in [3.05, 3.63) is 70.7 Å². The van der Waals surface area contributed by atoms with Crippen molar-refractivity contribution >= 4 is 54.6 Å². The van der Waals surface area contributed by atoms with Crippen LogP contribution in [0, 0.1) is 6.92 Å². The fourth-order valence-electron chi connectivity index (χ4n) is 2.99. The van der Waals surface area contributed by atoms with Gasteiger partial charge in [0.15, 0.2) is 0 Å². The minimum absolute atomic E-state index is 0.753. The molecule has 5 rings (SSSR count). The number of nitrogens with zero attached hydrogens (tertiary/aromatic N) is 4. The summed E-state index contributed by atoms with van der Waals surface area (Å²) in [4.78, 5) is 13.9. The first kappa shape index (κ1) is 17.2. The molecule has 0 saturated carbocycles. The number of benzene rings is 1. The Bertz CT molecular complexity index is 1310. The van der Waals surface area contributed by atoms with Crippen molar-refractivity contribution in [2.75, 3.05) is 5.32 Å². The normalized spacial score (nSPS) is 11.2. The SMILES string of the molecule is Cc1cc(Nc2ncnc3sc(Br)cc23)ccc1Oc1ccn2ccnc2c1. The van der Waals surface area contributed by atoms with Gasteiger partial charge in [0, 0.05) is 30.3 Å². The molecule has 0 aliphatic heterocycles. The zero-order valence-electron chi connectivity index (χ0n) is 14.8. The molecule has 0 spiro atoms. The number of hydrogen-bond donors (Lipinski definition) is 1. The Morgan fingerprint density at radius 1 is 1.07 bits per heavy atom. The number of pyridine rings is 1. The standard InChI is InChI=1S/C20H14BrN5OS/c1-12-8-13(25-19-15-10-17(21)28-20(15)24-11-23-19)2-3-16(12)27-14-4-6-26-7-5-22-18(26)9-14/h2-11H,1H3,(H,23,24,25). The summed E-state index contributed by atoms with van der Waals surface area (Å²) in [5.41, 5.74) is 2.81. The van der Waals surface area contributed by atoms with E-state index in [-0.39, 0.29) is 0 Å². The minimum atomic E-state index is 0.753. The lowest BCUT2D eigenvalue weighted by Gasteiger charge is -2.12. The molecule has 0 saturated heterocycles. The summed E-state index contributed by atoms with van der Waals surface area (Å²) < 4.78 is 9.02. The fraction of sp³-hybridized carbons (Fsp3) is 0.0500. The zero-order chi connectivity index (χ0) is 19.1. The quantitative estimate of drug-likeness (QED) is 0.365. The predicted octanol–water partition coefficient (Wildman–Crippen LogP) is 5.95. The molecule has 8 heteroatoms.